The fourth-order valence-corrected chi connectivity index (χ4v) is 4.18. The molecule has 0 bridgehead atoms. The molecule has 0 unspecified atom stereocenters. The maximum atomic E-state index is 13.3. The maximum absolute atomic E-state index is 13.3. The highest BCUT2D eigenvalue weighted by atomic mass is 16.6. The number of hydrogen-bond acceptors (Lipinski definition) is 4. The van der Waals surface area contributed by atoms with Gasteiger partial charge in [0, 0.05) is 16.9 Å². The molecule has 4 heterocycles. The quantitative estimate of drug-likeness (QED) is 0.725. The minimum Gasteiger partial charge on any atom is -0.441 e. The van der Waals surface area contributed by atoms with Gasteiger partial charge >= 0.3 is 6.09 Å². The van der Waals surface area contributed by atoms with Crippen molar-refractivity contribution in [3.05, 3.63) is 47.9 Å². The molecule has 2 aliphatic heterocycles. The number of ether oxygens (including phenoxy) is 1. The number of nitrogens with zero attached hydrogens (tertiary/aromatic N) is 4. The van der Waals surface area contributed by atoms with E-state index in [9.17, 15) is 9.59 Å². The number of para-hydroxylation sites is 1. The number of carbonyl (C=O) groups is 2. The molecule has 0 saturated carbocycles. The van der Waals surface area contributed by atoms with Crippen LogP contribution in [0.5, 0.6) is 0 Å². The topological polar surface area (TPSA) is 83.5 Å². The first kappa shape index (κ1) is 17.8. The molecule has 1 fully saturated rings. The summed E-state index contributed by atoms with van der Waals surface area (Å²) in [4.78, 5) is 32.3. The monoisotopic (exact) mass is 393 g/mol. The molecule has 1 atom stereocenters. The number of H-pyrrole nitrogens is 1. The van der Waals surface area contributed by atoms with E-state index in [4.69, 9.17) is 4.74 Å². The second kappa shape index (κ2) is 6.10. The number of rotatable bonds is 2. The van der Waals surface area contributed by atoms with E-state index in [0.29, 0.717) is 31.0 Å². The normalized spacial score (nSPS) is 20.8. The van der Waals surface area contributed by atoms with E-state index in [2.05, 4.69) is 10.1 Å². The summed E-state index contributed by atoms with van der Waals surface area (Å²) in [6.07, 6.45) is 1.32. The summed E-state index contributed by atoms with van der Waals surface area (Å²) in [6.45, 7) is 7.19. The lowest BCUT2D eigenvalue weighted by atomic mass is 10.1. The number of benzene rings is 1. The van der Waals surface area contributed by atoms with Crippen LogP contribution in [0.3, 0.4) is 0 Å². The summed E-state index contributed by atoms with van der Waals surface area (Å²) in [5.74, 6) is -0.0589. The lowest BCUT2D eigenvalue weighted by molar-refractivity contribution is 0.0602. The Bertz CT molecular complexity index is 1100. The molecule has 2 aromatic heterocycles. The Labute approximate surface area is 168 Å². The number of aromatic nitrogens is 3. The second-order valence-corrected chi connectivity index (χ2v) is 8.42. The van der Waals surface area contributed by atoms with E-state index < -0.39 is 5.60 Å². The molecule has 0 spiro atoms. The number of fused-ring (bicyclic) bond motifs is 2. The highest BCUT2D eigenvalue weighted by Crippen LogP contribution is 2.33. The van der Waals surface area contributed by atoms with Gasteiger partial charge in [0.2, 0.25) is 0 Å². The summed E-state index contributed by atoms with van der Waals surface area (Å²) in [6, 6.07) is 9.71. The summed E-state index contributed by atoms with van der Waals surface area (Å²) < 4.78 is 7.32. The Kier molecular flexibility index (Phi) is 3.74. The van der Waals surface area contributed by atoms with E-state index in [0.717, 1.165) is 16.6 Å². The standard InChI is InChI=1S/C21H23N5O3/c1-13-10-26-18(17(9-22-26)25-12-21(2,3)29-20(25)28)11-24(13)19(27)16-8-14-6-4-5-7-15(14)23-16/h4-9,13,23H,10-12H2,1-3H3/t13-/m0/s1. The van der Waals surface area contributed by atoms with Gasteiger partial charge in [-0.3, -0.25) is 14.4 Å². The molecule has 1 N–H and O–H groups in total. The van der Waals surface area contributed by atoms with Crippen LogP contribution in [-0.2, 0) is 17.8 Å². The zero-order valence-corrected chi connectivity index (χ0v) is 16.7. The van der Waals surface area contributed by atoms with Crippen molar-refractivity contribution in [1.29, 1.82) is 0 Å². The van der Waals surface area contributed by atoms with Crippen LogP contribution in [0.4, 0.5) is 10.5 Å². The van der Waals surface area contributed by atoms with Gasteiger partial charge in [-0.25, -0.2) is 4.79 Å². The molecule has 1 saturated heterocycles. The Morgan fingerprint density at radius 1 is 1.31 bits per heavy atom. The van der Waals surface area contributed by atoms with Crippen LogP contribution in [-0.4, -0.2) is 49.9 Å². The summed E-state index contributed by atoms with van der Waals surface area (Å²) in [5.41, 5.74) is 2.51. The number of nitrogens with one attached hydrogen (secondary N) is 1. The van der Waals surface area contributed by atoms with Gasteiger partial charge in [0.05, 0.1) is 37.2 Å². The van der Waals surface area contributed by atoms with E-state index in [1.165, 1.54) is 0 Å². The Hall–Kier alpha value is -3.29. The molecule has 3 aromatic rings. The third kappa shape index (κ3) is 2.86. The Morgan fingerprint density at radius 2 is 2.10 bits per heavy atom. The molecule has 5 rings (SSSR count). The second-order valence-electron chi connectivity index (χ2n) is 8.42. The molecule has 2 amide bonds. The number of anilines is 1. The van der Waals surface area contributed by atoms with Gasteiger partial charge in [-0.15, -0.1) is 0 Å². The van der Waals surface area contributed by atoms with E-state index in [-0.39, 0.29) is 18.0 Å². The van der Waals surface area contributed by atoms with Crippen LogP contribution in [0, 0.1) is 0 Å². The largest absolute Gasteiger partial charge is 0.441 e. The molecule has 0 radical (unpaired) electrons. The van der Waals surface area contributed by atoms with Crippen molar-refractivity contribution in [2.45, 2.75) is 45.5 Å². The fraction of sp³-hybridized carbons (Fsp3) is 0.381. The lowest BCUT2D eigenvalue weighted by Gasteiger charge is -2.34. The first-order valence-electron chi connectivity index (χ1n) is 9.76. The number of amides is 2. The van der Waals surface area contributed by atoms with Crippen molar-refractivity contribution in [1.82, 2.24) is 19.7 Å². The Morgan fingerprint density at radius 3 is 2.83 bits per heavy atom. The van der Waals surface area contributed by atoms with Gasteiger partial charge in [-0.05, 0) is 32.9 Å². The maximum Gasteiger partial charge on any atom is 0.415 e. The van der Waals surface area contributed by atoms with Gasteiger partial charge in [-0.1, -0.05) is 18.2 Å². The van der Waals surface area contributed by atoms with Crippen molar-refractivity contribution >= 4 is 28.6 Å². The number of aromatic amines is 1. The van der Waals surface area contributed by atoms with Crippen molar-refractivity contribution in [2.75, 3.05) is 11.4 Å². The molecular formula is C21H23N5O3. The van der Waals surface area contributed by atoms with Crippen molar-refractivity contribution in [3.8, 4) is 0 Å². The predicted octanol–water partition coefficient (Wildman–Crippen LogP) is 3.14. The first-order chi connectivity index (χ1) is 13.8. The predicted molar refractivity (Wildman–Crippen MR) is 108 cm³/mol. The SMILES string of the molecule is C[C@H]1Cn2ncc(N3CC(C)(C)OC3=O)c2CN1C(=O)c1cc2ccccc2[nH]1. The molecule has 8 heteroatoms. The van der Waals surface area contributed by atoms with Gasteiger partial charge in [-0.2, -0.15) is 5.10 Å². The van der Waals surface area contributed by atoms with Crippen LogP contribution < -0.4 is 4.90 Å². The van der Waals surface area contributed by atoms with Gasteiger partial charge < -0.3 is 14.6 Å². The average molecular weight is 393 g/mol. The average Bonchev–Trinajstić information content (AvgIpc) is 3.34. The van der Waals surface area contributed by atoms with Crippen LogP contribution in [0.15, 0.2) is 36.5 Å². The molecule has 2 aliphatic rings. The summed E-state index contributed by atoms with van der Waals surface area (Å²) >= 11 is 0. The van der Waals surface area contributed by atoms with Crippen molar-refractivity contribution < 1.29 is 14.3 Å². The fourth-order valence-electron chi connectivity index (χ4n) is 4.18. The first-order valence-corrected chi connectivity index (χ1v) is 9.76. The molecule has 150 valence electrons. The minimum atomic E-state index is -0.548. The molecular weight excluding hydrogens is 370 g/mol. The molecule has 29 heavy (non-hydrogen) atoms. The van der Waals surface area contributed by atoms with Gasteiger partial charge in [0.25, 0.3) is 5.91 Å². The molecule has 0 aliphatic carbocycles. The zero-order chi connectivity index (χ0) is 20.3. The zero-order valence-electron chi connectivity index (χ0n) is 16.7. The van der Waals surface area contributed by atoms with Crippen LogP contribution >= 0.6 is 0 Å². The van der Waals surface area contributed by atoms with Crippen LogP contribution in [0.25, 0.3) is 10.9 Å². The highest BCUT2D eigenvalue weighted by Gasteiger charge is 2.41. The highest BCUT2D eigenvalue weighted by molar-refractivity contribution is 5.98. The smallest absolute Gasteiger partial charge is 0.415 e. The van der Waals surface area contributed by atoms with Crippen molar-refractivity contribution in [3.63, 3.8) is 0 Å². The Balaban J connectivity index is 1.46. The molecule has 8 nitrogen and oxygen atoms in total. The van der Waals surface area contributed by atoms with E-state index >= 15 is 0 Å². The third-order valence-corrected chi connectivity index (χ3v) is 5.65. The number of cyclic esters (lactones) is 1. The van der Waals surface area contributed by atoms with E-state index in [1.54, 1.807) is 11.1 Å². The third-order valence-electron chi connectivity index (χ3n) is 5.65. The van der Waals surface area contributed by atoms with E-state index in [1.807, 2.05) is 60.7 Å². The van der Waals surface area contributed by atoms with Gasteiger partial charge in [0.15, 0.2) is 0 Å². The van der Waals surface area contributed by atoms with Crippen molar-refractivity contribution in [2.24, 2.45) is 0 Å². The van der Waals surface area contributed by atoms with Crippen LogP contribution in [0.2, 0.25) is 0 Å². The number of carbonyl (C=O) groups excluding carboxylic acids is 2. The minimum absolute atomic E-state index is 0.0175. The van der Waals surface area contributed by atoms with Gasteiger partial charge in [0.1, 0.15) is 11.3 Å². The summed E-state index contributed by atoms with van der Waals surface area (Å²) in [5, 5.41) is 5.46. The molecule has 1 aromatic carbocycles. The van der Waals surface area contributed by atoms with Crippen LogP contribution in [0.1, 0.15) is 37.0 Å². The number of hydrogen-bond donors (Lipinski definition) is 1. The lowest BCUT2D eigenvalue weighted by Crippen LogP contribution is -2.45. The summed E-state index contributed by atoms with van der Waals surface area (Å²) in [7, 11) is 0.